The number of aryl methyl sites for hydroxylation is 2. The third-order valence-corrected chi connectivity index (χ3v) is 8.94. The van der Waals surface area contributed by atoms with Gasteiger partial charge in [-0.25, -0.2) is 0 Å². The number of allylic oxidation sites excluding steroid dienone is 10. The quantitative estimate of drug-likeness (QED) is 0.128. The van der Waals surface area contributed by atoms with Crippen molar-refractivity contribution in [3.63, 3.8) is 0 Å². The Hall–Kier alpha value is -5.08. The van der Waals surface area contributed by atoms with E-state index in [2.05, 4.69) is 146 Å². The van der Waals surface area contributed by atoms with Crippen LogP contribution in [0.1, 0.15) is 63.5 Å². The van der Waals surface area contributed by atoms with E-state index in [1.165, 1.54) is 39.0 Å². The second-order valence-electron chi connectivity index (χ2n) is 12.7. The van der Waals surface area contributed by atoms with Crippen LogP contribution >= 0.6 is 0 Å². The molecule has 0 saturated carbocycles. The Bertz CT molecular complexity index is 1980. The van der Waals surface area contributed by atoms with Crippen LogP contribution in [0, 0.1) is 19.8 Å². The van der Waals surface area contributed by atoms with E-state index in [1.54, 1.807) is 0 Å². The van der Waals surface area contributed by atoms with Crippen molar-refractivity contribution in [2.24, 2.45) is 5.92 Å². The zero-order chi connectivity index (χ0) is 34.0. The number of para-hydroxylation sites is 2. The van der Waals surface area contributed by atoms with E-state index in [9.17, 15) is 0 Å². The molecule has 2 atom stereocenters. The van der Waals surface area contributed by atoms with Crippen LogP contribution < -0.4 is 4.74 Å². The maximum Gasteiger partial charge on any atom is 0.134 e. The summed E-state index contributed by atoms with van der Waals surface area (Å²) in [6.07, 6.45) is 14.5. The molecule has 5 rings (SSSR count). The molecule has 0 bridgehead atoms. The lowest BCUT2D eigenvalue weighted by Crippen LogP contribution is -2.21. The summed E-state index contributed by atoms with van der Waals surface area (Å²) in [7, 11) is 0. The van der Waals surface area contributed by atoms with Crippen LogP contribution in [0.5, 0.6) is 5.75 Å². The van der Waals surface area contributed by atoms with Gasteiger partial charge in [-0.1, -0.05) is 122 Å². The maximum absolute atomic E-state index is 6.23. The number of rotatable bonds is 12. The van der Waals surface area contributed by atoms with Crippen LogP contribution in [0.3, 0.4) is 0 Å². The van der Waals surface area contributed by atoms with E-state index in [0.29, 0.717) is 5.92 Å². The Morgan fingerprint density at radius 1 is 0.750 bits per heavy atom. The largest absolute Gasteiger partial charge is 0.490 e. The van der Waals surface area contributed by atoms with Crippen LogP contribution in [0.25, 0.3) is 33.2 Å². The molecule has 0 radical (unpaired) electrons. The predicted octanol–water partition coefficient (Wildman–Crippen LogP) is 13.1. The molecule has 0 aliphatic rings. The standard InChI is InChI=1S/C46H48O2/c1-8-18-39(40-25-26-43(34(5)29-40)46-36(7)48-45-24-17-16-23-44(45)46)31-41(38-19-12-10-13-20-38)30-37(9-2)28-32(3)27-33(4)35(6)47-42-21-14-11-15-22-42/h8-26,28-31,33,35H,27H2,1-7H3/b18-8-,32-28-,37-9+,39-31+,41-30-. The Morgan fingerprint density at radius 2 is 1.44 bits per heavy atom. The lowest BCUT2D eigenvalue weighted by atomic mass is 9.92. The van der Waals surface area contributed by atoms with Crippen molar-refractivity contribution in [3.05, 3.63) is 173 Å². The number of furan rings is 1. The van der Waals surface area contributed by atoms with Gasteiger partial charge in [0.25, 0.3) is 0 Å². The Balaban J connectivity index is 1.46. The molecule has 1 aromatic heterocycles. The van der Waals surface area contributed by atoms with Gasteiger partial charge in [0.1, 0.15) is 17.1 Å². The molecule has 0 aliphatic carbocycles. The first-order valence-corrected chi connectivity index (χ1v) is 17.0. The van der Waals surface area contributed by atoms with Crippen molar-refractivity contribution in [2.45, 2.75) is 61.0 Å². The summed E-state index contributed by atoms with van der Waals surface area (Å²) in [4.78, 5) is 0. The summed E-state index contributed by atoms with van der Waals surface area (Å²) in [6.45, 7) is 15.1. The van der Waals surface area contributed by atoms with Crippen molar-refractivity contribution in [3.8, 4) is 16.9 Å². The Morgan fingerprint density at radius 3 is 2.12 bits per heavy atom. The molecule has 48 heavy (non-hydrogen) atoms. The van der Waals surface area contributed by atoms with Gasteiger partial charge in [-0.2, -0.15) is 0 Å². The van der Waals surface area contributed by atoms with Crippen LogP contribution in [0.4, 0.5) is 0 Å². The SMILES string of the molecule is C\C=C/C(=C\C(=C\C(\C=C(\C)CC(C)C(C)Oc1ccccc1)=C\C)c1ccccc1)c1ccc(-c2c(C)oc3ccccc23)c(C)c1. The highest BCUT2D eigenvalue weighted by molar-refractivity contribution is 5.97. The summed E-state index contributed by atoms with van der Waals surface area (Å²) < 4.78 is 12.3. The lowest BCUT2D eigenvalue weighted by Gasteiger charge is -2.22. The molecule has 0 N–H and O–H groups in total. The molecule has 0 amide bonds. The second-order valence-corrected chi connectivity index (χ2v) is 12.7. The van der Waals surface area contributed by atoms with E-state index >= 15 is 0 Å². The van der Waals surface area contributed by atoms with Crippen LogP contribution in [-0.2, 0) is 0 Å². The third-order valence-electron chi connectivity index (χ3n) is 8.94. The molecule has 0 fully saturated rings. The molecule has 1 heterocycles. The smallest absolute Gasteiger partial charge is 0.134 e. The van der Waals surface area contributed by atoms with Crippen LogP contribution in [0.2, 0.25) is 0 Å². The van der Waals surface area contributed by atoms with Crippen molar-refractivity contribution < 1.29 is 9.15 Å². The van der Waals surface area contributed by atoms with E-state index in [4.69, 9.17) is 9.15 Å². The molecule has 2 unspecified atom stereocenters. The summed E-state index contributed by atoms with van der Waals surface area (Å²) in [6, 6.07) is 35.8. The average Bonchev–Trinajstić information content (AvgIpc) is 3.43. The molecule has 0 aliphatic heterocycles. The zero-order valence-electron chi connectivity index (χ0n) is 29.5. The van der Waals surface area contributed by atoms with E-state index < -0.39 is 0 Å². The normalized spacial score (nSPS) is 14.5. The van der Waals surface area contributed by atoms with Gasteiger partial charge in [0.05, 0.1) is 6.10 Å². The summed E-state index contributed by atoms with van der Waals surface area (Å²) in [5.41, 5.74) is 11.7. The summed E-state index contributed by atoms with van der Waals surface area (Å²) in [5.74, 6) is 2.23. The first kappa shape index (κ1) is 34.3. The van der Waals surface area contributed by atoms with Gasteiger partial charge in [-0.3, -0.25) is 0 Å². The average molecular weight is 633 g/mol. The summed E-state index contributed by atoms with van der Waals surface area (Å²) >= 11 is 0. The number of benzene rings is 4. The van der Waals surface area contributed by atoms with Gasteiger partial charge in [-0.15, -0.1) is 0 Å². The number of hydrogen-bond donors (Lipinski definition) is 0. The van der Waals surface area contributed by atoms with Gasteiger partial charge >= 0.3 is 0 Å². The minimum absolute atomic E-state index is 0.109. The van der Waals surface area contributed by atoms with Gasteiger partial charge < -0.3 is 9.15 Å². The minimum atomic E-state index is 0.109. The highest BCUT2D eigenvalue weighted by atomic mass is 16.5. The Kier molecular flexibility index (Phi) is 11.5. The van der Waals surface area contributed by atoms with Crippen LogP contribution in [-0.4, -0.2) is 6.10 Å². The van der Waals surface area contributed by atoms with Gasteiger partial charge in [-0.05, 0) is 123 Å². The fourth-order valence-electron chi connectivity index (χ4n) is 6.27. The molecule has 0 saturated heterocycles. The number of hydrogen-bond acceptors (Lipinski definition) is 2. The van der Waals surface area contributed by atoms with Crippen molar-refractivity contribution in [1.82, 2.24) is 0 Å². The molecule has 0 spiro atoms. The van der Waals surface area contributed by atoms with Crippen molar-refractivity contribution in [1.29, 1.82) is 0 Å². The molecular formula is C46H48O2. The molecule has 2 nitrogen and oxygen atoms in total. The third kappa shape index (κ3) is 8.44. The predicted molar refractivity (Wildman–Crippen MR) is 206 cm³/mol. The monoisotopic (exact) mass is 632 g/mol. The maximum atomic E-state index is 6.23. The number of ether oxygens (including phenoxy) is 1. The first-order valence-electron chi connectivity index (χ1n) is 17.0. The second kappa shape index (κ2) is 16.2. The minimum Gasteiger partial charge on any atom is -0.490 e. The number of fused-ring (bicyclic) bond motifs is 1. The van der Waals surface area contributed by atoms with Crippen molar-refractivity contribution >= 4 is 22.1 Å². The fourth-order valence-corrected chi connectivity index (χ4v) is 6.27. The van der Waals surface area contributed by atoms with E-state index in [1.807, 2.05) is 42.5 Å². The zero-order valence-corrected chi connectivity index (χ0v) is 29.5. The van der Waals surface area contributed by atoms with Crippen LogP contribution in [0.15, 0.2) is 155 Å². The molecule has 244 valence electrons. The Labute approximate surface area is 287 Å². The molecule has 2 heteroatoms. The summed E-state index contributed by atoms with van der Waals surface area (Å²) in [5, 5.41) is 1.15. The molecular weight excluding hydrogens is 585 g/mol. The highest BCUT2D eigenvalue weighted by Crippen LogP contribution is 2.37. The van der Waals surface area contributed by atoms with Crippen molar-refractivity contribution in [2.75, 3.05) is 0 Å². The molecule has 5 aromatic rings. The van der Waals surface area contributed by atoms with Gasteiger partial charge in [0.2, 0.25) is 0 Å². The first-order chi connectivity index (χ1) is 23.3. The lowest BCUT2D eigenvalue weighted by molar-refractivity contribution is 0.160. The topological polar surface area (TPSA) is 22.4 Å². The highest BCUT2D eigenvalue weighted by Gasteiger charge is 2.16. The van der Waals surface area contributed by atoms with E-state index in [0.717, 1.165) is 40.0 Å². The van der Waals surface area contributed by atoms with E-state index in [-0.39, 0.29) is 6.10 Å². The van der Waals surface area contributed by atoms with Gasteiger partial charge in [0.15, 0.2) is 0 Å². The van der Waals surface area contributed by atoms with Gasteiger partial charge in [0, 0.05) is 10.9 Å². The molecule has 4 aromatic carbocycles. The fraction of sp³-hybridized carbons (Fsp3) is 0.217.